The molecule has 2 heterocycles. The fraction of sp³-hybridized carbons (Fsp3) is 0.235. The maximum absolute atomic E-state index is 12.4. The summed E-state index contributed by atoms with van der Waals surface area (Å²) in [7, 11) is 0. The van der Waals surface area contributed by atoms with Gasteiger partial charge in [0.25, 0.3) is 0 Å². The molecule has 2 aromatic heterocycles. The first-order valence-electron chi connectivity index (χ1n) is 7.62. The standard InChI is InChI=1S/C17H12ClF3N4O/c18-13-7-12(8-22)16(23-10-13)26-14-4-1-3-11-9-24-25(15(11)14)6-2-5-17(19,20)21/h1,3-4,7,9-10H,2,5-6H2. The third-order valence-corrected chi connectivity index (χ3v) is 3.81. The number of para-hydroxylation sites is 1. The van der Waals surface area contributed by atoms with Crippen molar-refractivity contribution >= 4 is 22.5 Å². The molecule has 0 N–H and O–H groups in total. The van der Waals surface area contributed by atoms with Crippen LogP contribution in [0.15, 0.2) is 36.7 Å². The Morgan fingerprint density at radius 1 is 1.27 bits per heavy atom. The molecule has 0 amide bonds. The van der Waals surface area contributed by atoms with Crippen molar-refractivity contribution in [1.82, 2.24) is 14.8 Å². The van der Waals surface area contributed by atoms with Crippen LogP contribution >= 0.6 is 11.6 Å². The second kappa shape index (κ2) is 7.22. The van der Waals surface area contributed by atoms with E-state index in [9.17, 15) is 18.4 Å². The van der Waals surface area contributed by atoms with Gasteiger partial charge in [0, 0.05) is 24.5 Å². The minimum absolute atomic E-state index is 0.0624. The second-order valence-electron chi connectivity index (χ2n) is 5.50. The van der Waals surface area contributed by atoms with E-state index in [1.807, 2.05) is 6.07 Å². The normalized spacial score (nSPS) is 11.5. The molecule has 1 aromatic carbocycles. The van der Waals surface area contributed by atoms with Crippen molar-refractivity contribution in [3.63, 3.8) is 0 Å². The number of fused-ring (bicyclic) bond motifs is 1. The molecule has 0 radical (unpaired) electrons. The molecule has 0 aliphatic rings. The van der Waals surface area contributed by atoms with Gasteiger partial charge < -0.3 is 4.74 Å². The van der Waals surface area contributed by atoms with Crippen LogP contribution in [0.5, 0.6) is 11.6 Å². The Bertz CT molecular complexity index is 978. The van der Waals surface area contributed by atoms with Crippen LogP contribution < -0.4 is 4.74 Å². The fourth-order valence-electron chi connectivity index (χ4n) is 2.48. The highest BCUT2D eigenvalue weighted by molar-refractivity contribution is 6.30. The average molecular weight is 381 g/mol. The lowest BCUT2D eigenvalue weighted by Crippen LogP contribution is -2.10. The first-order valence-corrected chi connectivity index (χ1v) is 8.00. The van der Waals surface area contributed by atoms with E-state index in [4.69, 9.17) is 16.3 Å². The van der Waals surface area contributed by atoms with E-state index in [-0.39, 0.29) is 24.4 Å². The zero-order chi connectivity index (χ0) is 18.7. The topological polar surface area (TPSA) is 63.7 Å². The summed E-state index contributed by atoms with van der Waals surface area (Å²) in [5.74, 6) is 0.408. The lowest BCUT2D eigenvalue weighted by molar-refractivity contribution is -0.135. The molecule has 0 spiro atoms. The zero-order valence-corrected chi connectivity index (χ0v) is 14.1. The van der Waals surface area contributed by atoms with Crippen molar-refractivity contribution in [3.8, 4) is 17.7 Å². The molecule has 0 aliphatic carbocycles. The number of benzene rings is 1. The van der Waals surface area contributed by atoms with Gasteiger partial charge >= 0.3 is 6.18 Å². The van der Waals surface area contributed by atoms with Gasteiger partial charge in [-0.3, -0.25) is 4.68 Å². The molecule has 0 fully saturated rings. The Kier molecular flexibility index (Phi) is 5.00. The van der Waals surface area contributed by atoms with E-state index in [1.54, 1.807) is 24.4 Å². The van der Waals surface area contributed by atoms with E-state index < -0.39 is 12.6 Å². The molecule has 0 atom stereocenters. The molecule has 0 unspecified atom stereocenters. The van der Waals surface area contributed by atoms with Gasteiger partial charge in [-0.2, -0.15) is 23.5 Å². The molecule has 134 valence electrons. The molecule has 0 bridgehead atoms. The highest BCUT2D eigenvalue weighted by Gasteiger charge is 2.26. The maximum atomic E-state index is 12.4. The summed E-state index contributed by atoms with van der Waals surface area (Å²) in [4.78, 5) is 4.00. The SMILES string of the molecule is N#Cc1cc(Cl)cnc1Oc1cccc2cnn(CCCC(F)(F)F)c12. The number of hydrogen-bond acceptors (Lipinski definition) is 4. The van der Waals surface area contributed by atoms with Gasteiger partial charge in [-0.15, -0.1) is 0 Å². The molecule has 26 heavy (non-hydrogen) atoms. The molecule has 3 aromatic rings. The smallest absolute Gasteiger partial charge is 0.389 e. The second-order valence-corrected chi connectivity index (χ2v) is 5.94. The van der Waals surface area contributed by atoms with Crippen LogP contribution in [0.1, 0.15) is 18.4 Å². The van der Waals surface area contributed by atoms with Crippen molar-refractivity contribution in [3.05, 3.63) is 47.2 Å². The third kappa shape index (κ3) is 4.06. The van der Waals surface area contributed by atoms with Gasteiger partial charge in [0.15, 0.2) is 5.75 Å². The summed E-state index contributed by atoms with van der Waals surface area (Å²) < 4.78 is 44.3. The van der Waals surface area contributed by atoms with Crippen molar-refractivity contribution in [2.75, 3.05) is 0 Å². The van der Waals surface area contributed by atoms with Gasteiger partial charge in [0.1, 0.15) is 17.1 Å². The van der Waals surface area contributed by atoms with E-state index in [1.165, 1.54) is 16.9 Å². The summed E-state index contributed by atoms with van der Waals surface area (Å²) in [5.41, 5.74) is 0.688. The first-order chi connectivity index (χ1) is 12.4. The first kappa shape index (κ1) is 18.0. The number of aromatic nitrogens is 3. The number of nitrogens with zero attached hydrogens (tertiary/aromatic N) is 4. The predicted molar refractivity (Wildman–Crippen MR) is 89.1 cm³/mol. The fourth-order valence-corrected chi connectivity index (χ4v) is 2.64. The number of halogens is 4. The lowest BCUT2D eigenvalue weighted by Gasteiger charge is -2.11. The molecular weight excluding hydrogens is 369 g/mol. The van der Waals surface area contributed by atoms with Crippen LogP contribution in [0.3, 0.4) is 0 Å². The van der Waals surface area contributed by atoms with E-state index in [2.05, 4.69) is 10.1 Å². The predicted octanol–water partition coefficient (Wildman–Crippen LogP) is 5.09. The third-order valence-electron chi connectivity index (χ3n) is 3.60. The number of aryl methyl sites for hydroxylation is 1. The summed E-state index contributed by atoms with van der Waals surface area (Å²) in [6, 6.07) is 8.50. The van der Waals surface area contributed by atoms with Gasteiger partial charge in [-0.05, 0) is 18.6 Å². The highest BCUT2D eigenvalue weighted by atomic mass is 35.5. The number of hydrogen-bond donors (Lipinski definition) is 0. The Balaban J connectivity index is 1.92. The van der Waals surface area contributed by atoms with Crippen molar-refractivity contribution in [1.29, 1.82) is 5.26 Å². The van der Waals surface area contributed by atoms with E-state index in [0.717, 1.165) is 0 Å². The number of nitriles is 1. The minimum Gasteiger partial charge on any atom is -0.435 e. The zero-order valence-electron chi connectivity index (χ0n) is 13.3. The van der Waals surface area contributed by atoms with E-state index in [0.29, 0.717) is 21.7 Å². The average Bonchev–Trinajstić information content (AvgIpc) is 2.99. The molecule has 0 aliphatic heterocycles. The van der Waals surface area contributed by atoms with Crippen molar-refractivity contribution in [2.24, 2.45) is 0 Å². The Morgan fingerprint density at radius 3 is 2.81 bits per heavy atom. The van der Waals surface area contributed by atoms with Gasteiger partial charge in [-0.25, -0.2) is 4.98 Å². The molecule has 3 rings (SSSR count). The largest absolute Gasteiger partial charge is 0.435 e. The van der Waals surface area contributed by atoms with E-state index >= 15 is 0 Å². The highest BCUT2D eigenvalue weighted by Crippen LogP contribution is 2.31. The number of ether oxygens (including phenoxy) is 1. The van der Waals surface area contributed by atoms with Crippen LogP contribution in [0.2, 0.25) is 5.02 Å². The van der Waals surface area contributed by atoms with Gasteiger partial charge in [0.2, 0.25) is 5.88 Å². The lowest BCUT2D eigenvalue weighted by atomic mass is 10.2. The van der Waals surface area contributed by atoms with Crippen LogP contribution in [-0.2, 0) is 6.54 Å². The number of alkyl halides is 3. The maximum Gasteiger partial charge on any atom is 0.389 e. The monoisotopic (exact) mass is 380 g/mol. The van der Waals surface area contributed by atoms with Crippen molar-refractivity contribution < 1.29 is 17.9 Å². The van der Waals surface area contributed by atoms with Crippen LogP contribution in [-0.4, -0.2) is 20.9 Å². The Labute approximate surface area is 151 Å². The molecule has 9 heteroatoms. The van der Waals surface area contributed by atoms with Crippen LogP contribution in [0, 0.1) is 11.3 Å². The van der Waals surface area contributed by atoms with Crippen molar-refractivity contribution in [2.45, 2.75) is 25.6 Å². The molecular formula is C17H12ClF3N4O. The molecule has 0 saturated carbocycles. The molecule has 0 saturated heterocycles. The summed E-state index contributed by atoms with van der Waals surface area (Å²) in [6.07, 6.45) is -2.31. The summed E-state index contributed by atoms with van der Waals surface area (Å²) >= 11 is 5.82. The van der Waals surface area contributed by atoms with Gasteiger partial charge in [0.05, 0.1) is 11.2 Å². The summed E-state index contributed by atoms with van der Waals surface area (Å²) in [6.45, 7) is 0.0859. The molecule has 5 nitrogen and oxygen atoms in total. The quantitative estimate of drug-likeness (QED) is 0.618. The summed E-state index contributed by atoms with van der Waals surface area (Å²) in [5, 5.41) is 14.3. The number of rotatable bonds is 5. The van der Waals surface area contributed by atoms with Gasteiger partial charge in [-0.1, -0.05) is 23.7 Å². The van der Waals surface area contributed by atoms with Crippen LogP contribution in [0.25, 0.3) is 10.9 Å². The Hall–Kier alpha value is -2.79. The number of pyridine rings is 1. The Morgan fingerprint density at radius 2 is 2.08 bits per heavy atom. The van der Waals surface area contributed by atoms with Crippen LogP contribution in [0.4, 0.5) is 13.2 Å². The minimum atomic E-state index is -4.21.